The minimum Gasteiger partial charge on any atom is -0.394 e. The van der Waals surface area contributed by atoms with E-state index >= 15 is 0 Å². The minimum atomic E-state index is -1.32. The molecule has 0 aromatic rings. The summed E-state index contributed by atoms with van der Waals surface area (Å²) >= 11 is 0. The summed E-state index contributed by atoms with van der Waals surface area (Å²) in [5.74, 6) is -0.0662. The van der Waals surface area contributed by atoms with Gasteiger partial charge in [0.1, 0.15) is 12.3 Å². The molecular formula is C20H37N3O5. The summed E-state index contributed by atoms with van der Waals surface area (Å²) in [6.07, 6.45) is 6.53. The first kappa shape index (κ1) is 24.7. The van der Waals surface area contributed by atoms with Gasteiger partial charge in [0.2, 0.25) is 5.91 Å². The van der Waals surface area contributed by atoms with E-state index in [0.717, 1.165) is 18.4 Å². The lowest BCUT2D eigenvalue weighted by molar-refractivity contribution is -0.126. The van der Waals surface area contributed by atoms with Crippen molar-refractivity contribution in [3.05, 3.63) is 23.8 Å². The molecule has 4 atom stereocenters. The number of aliphatic hydroxyl groups excluding tert-OH is 3. The Bertz CT molecular complexity index is 510. The maximum Gasteiger partial charge on any atom is 0.237 e. The van der Waals surface area contributed by atoms with Crippen molar-refractivity contribution in [1.82, 2.24) is 10.6 Å². The first-order valence-corrected chi connectivity index (χ1v) is 10.0. The molecule has 1 aliphatic rings. The lowest BCUT2D eigenvalue weighted by Crippen LogP contribution is -2.56. The van der Waals surface area contributed by atoms with Crippen LogP contribution in [0.15, 0.2) is 23.8 Å². The van der Waals surface area contributed by atoms with Crippen LogP contribution in [-0.2, 0) is 9.53 Å². The molecule has 0 radical (unpaired) electrons. The van der Waals surface area contributed by atoms with Crippen LogP contribution in [0.4, 0.5) is 0 Å². The standard InChI is InChI=1S/C20H37N3O5/c1-14(2)12-17(19(26)22-8-10-28-11-9-24)23-20(27)18(25)16(21)13-15-6-4-3-5-7-15/h4,6-7,14,16-18,20,23-25,27H,3,5,8-13,21H2,1-2H3,(H,22,26). The van der Waals surface area contributed by atoms with Crippen LogP contribution in [0.3, 0.4) is 0 Å². The number of hydrogen-bond donors (Lipinski definition) is 6. The monoisotopic (exact) mass is 399 g/mol. The van der Waals surface area contributed by atoms with Crippen LogP contribution in [0.5, 0.6) is 0 Å². The largest absolute Gasteiger partial charge is 0.394 e. The molecule has 162 valence electrons. The second-order valence-electron chi connectivity index (χ2n) is 7.54. The van der Waals surface area contributed by atoms with E-state index in [1.54, 1.807) is 0 Å². The van der Waals surface area contributed by atoms with Crippen molar-refractivity contribution in [2.24, 2.45) is 11.7 Å². The van der Waals surface area contributed by atoms with Crippen LogP contribution < -0.4 is 16.4 Å². The van der Waals surface area contributed by atoms with E-state index < -0.39 is 24.4 Å². The zero-order valence-electron chi connectivity index (χ0n) is 17.0. The average Bonchev–Trinajstić information content (AvgIpc) is 2.66. The van der Waals surface area contributed by atoms with E-state index in [9.17, 15) is 15.0 Å². The molecule has 0 aromatic carbocycles. The van der Waals surface area contributed by atoms with Gasteiger partial charge in [0.05, 0.1) is 25.9 Å². The zero-order chi connectivity index (χ0) is 20.9. The van der Waals surface area contributed by atoms with E-state index in [0.29, 0.717) is 26.0 Å². The zero-order valence-corrected chi connectivity index (χ0v) is 17.0. The van der Waals surface area contributed by atoms with Crippen LogP contribution in [-0.4, -0.2) is 72.0 Å². The molecule has 0 aromatic heterocycles. The average molecular weight is 400 g/mol. The number of nitrogens with two attached hydrogens (primary N) is 1. The van der Waals surface area contributed by atoms with Gasteiger partial charge < -0.3 is 31.1 Å². The number of carbonyl (C=O) groups is 1. The maximum atomic E-state index is 12.4. The van der Waals surface area contributed by atoms with Gasteiger partial charge in [0.25, 0.3) is 0 Å². The predicted octanol–water partition coefficient (Wildman–Crippen LogP) is -0.211. The molecule has 0 bridgehead atoms. The number of rotatable bonds is 14. The second kappa shape index (κ2) is 13.8. The van der Waals surface area contributed by atoms with Gasteiger partial charge >= 0.3 is 0 Å². The highest BCUT2D eigenvalue weighted by molar-refractivity contribution is 5.81. The van der Waals surface area contributed by atoms with E-state index in [-0.39, 0.29) is 25.0 Å². The Balaban J connectivity index is 2.54. The number of nitrogens with one attached hydrogen (secondary N) is 2. The predicted molar refractivity (Wildman–Crippen MR) is 108 cm³/mol. The maximum absolute atomic E-state index is 12.4. The summed E-state index contributed by atoms with van der Waals surface area (Å²) in [7, 11) is 0. The van der Waals surface area contributed by atoms with Gasteiger partial charge in [-0.05, 0) is 31.6 Å². The van der Waals surface area contributed by atoms with Gasteiger partial charge in [-0.1, -0.05) is 37.6 Å². The molecule has 1 rings (SSSR count). The third-order valence-corrected chi connectivity index (χ3v) is 4.48. The summed E-state index contributed by atoms with van der Waals surface area (Å²) in [6.45, 7) is 4.69. The fourth-order valence-electron chi connectivity index (χ4n) is 3.01. The Morgan fingerprint density at radius 1 is 1.29 bits per heavy atom. The van der Waals surface area contributed by atoms with Crippen LogP contribution >= 0.6 is 0 Å². The third kappa shape index (κ3) is 9.77. The SMILES string of the molecule is CC(C)CC(NC(O)C(O)C(N)CC1=CCCC=C1)C(=O)NCCOCCO. The van der Waals surface area contributed by atoms with Gasteiger partial charge in [-0.2, -0.15) is 0 Å². The van der Waals surface area contributed by atoms with Gasteiger partial charge in [0.15, 0.2) is 0 Å². The summed E-state index contributed by atoms with van der Waals surface area (Å²) in [5.41, 5.74) is 7.11. The second-order valence-corrected chi connectivity index (χ2v) is 7.54. The summed E-state index contributed by atoms with van der Waals surface area (Å²) < 4.78 is 5.12. The van der Waals surface area contributed by atoms with Gasteiger partial charge in [-0.25, -0.2) is 0 Å². The Labute approximate surface area is 167 Å². The lowest BCUT2D eigenvalue weighted by Gasteiger charge is -2.29. The molecule has 0 aliphatic heterocycles. The van der Waals surface area contributed by atoms with Crippen molar-refractivity contribution in [3.63, 3.8) is 0 Å². The fraction of sp³-hybridized carbons (Fsp3) is 0.750. The van der Waals surface area contributed by atoms with Crippen LogP contribution in [0, 0.1) is 5.92 Å². The molecule has 7 N–H and O–H groups in total. The van der Waals surface area contributed by atoms with Crippen LogP contribution in [0.25, 0.3) is 0 Å². The quantitative estimate of drug-likeness (QED) is 0.176. The van der Waals surface area contributed by atoms with E-state index in [1.165, 1.54) is 0 Å². The molecule has 28 heavy (non-hydrogen) atoms. The number of carbonyl (C=O) groups excluding carboxylic acids is 1. The number of amides is 1. The Hall–Kier alpha value is -1.29. The van der Waals surface area contributed by atoms with Crippen LogP contribution in [0.1, 0.15) is 39.5 Å². The van der Waals surface area contributed by atoms with E-state index in [1.807, 2.05) is 19.9 Å². The van der Waals surface area contributed by atoms with E-state index in [2.05, 4.69) is 22.8 Å². The Morgan fingerprint density at radius 2 is 2.04 bits per heavy atom. The summed E-state index contributed by atoms with van der Waals surface area (Å²) in [5, 5.41) is 35.0. The smallest absolute Gasteiger partial charge is 0.237 e. The van der Waals surface area contributed by atoms with Gasteiger partial charge in [0, 0.05) is 12.6 Å². The van der Waals surface area contributed by atoms with Gasteiger partial charge in [-0.3, -0.25) is 10.1 Å². The van der Waals surface area contributed by atoms with Crippen molar-refractivity contribution in [3.8, 4) is 0 Å². The summed E-state index contributed by atoms with van der Waals surface area (Å²) in [4.78, 5) is 12.4. The Kier molecular flexibility index (Phi) is 12.2. The fourth-order valence-corrected chi connectivity index (χ4v) is 3.01. The van der Waals surface area contributed by atoms with Crippen molar-refractivity contribution in [2.75, 3.05) is 26.4 Å². The van der Waals surface area contributed by atoms with E-state index in [4.69, 9.17) is 15.6 Å². The molecule has 8 nitrogen and oxygen atoms in total. The lowest BCUT2D eigenvalue weighted by atomic mass is 9.96. The summed E-state index contributed by atoms with van der Waals surface area (Å²) in [6, 6.07) is -1.31. The first-order chi connectivity index (χ1) is 13.3. The number of aliphatic hydroxyl groups is 3. The number of allylic oxidation sites excluding steroid dienone is 3. The van der Waals surface area contributed by atoms with Gasteiger partial charge in [-0.15, -0.1) is 0 Å². The molecule has 0 fully saturated rings. The molecule has 0 heterocycles. The molecule has 0 spiro atoms. The van der Waals surface area contributed by atoms with Crippen molar-refractivity contribution < 1.29 is 24.9 Å². The normalized spacial score (nSPS) is 18.5. The number of hydrogen-bond acceptors (Lipinski definition) is 7. The highest BCUT2D eigenvalue weighted by atomic mass is 16.5. The van der Waals surface area contributed by atoms with Crippen molar-refractivity contribution in [1.29, 1.82) is 0 Å². The minimum absolute atomic E-state index is 0.0670. The number of ether oxygens (including phenoxy) is 1. The molecular weight excluding hydrogens is 362 g/mol. The molecule has 1 aliphatic carbocycles. The molecule has 1 amide bonds. The molecule has 4 unspecified atom stereocenters. The highest BCUT2D eigenvalue weighted by Crippen LogP contribution is 2.16. The first-order valence-electron chi connectivity index (χ1n) is 10.0. The third-order valence-electron chi connectivity index (χ3n) is 4.48. The van der Waals surface area contributed by atoms with Crippen molar-refractivity contribution >= 4 is 5.91 Å². The Morgan fingerprint density at radius 3 is 2.64 bits per heavy atom. The van der Waals surface area contributed by atoms with Crippen molar-refractivity contribution in [2.45, 2.75) is 63.9 Å². The molecule has 0 saturated carbocycles. The molecule has 8 heteroatoms. The highest BCUT2D eigenvalue weighted by Gasteiger charge is 2.29. The topological polar surface area (TPSA) is 137 Å². The van der Waals surface area contributed by atoms with Crippen LogP contribution in [0.2, 0.25) is 0 Å². The molecule has 0 saturated heterocycles.